The van der Waals surface area contributed by atoms with Crippen molar-refractivity contribution < 1.29 is 9.90 Å². The number of aromatic nitrogens is 2. The maximum Gasteiger partial charge on any atom is 0.335 e. The molecule has 0 radical (unpaired) electrons. The van der Waals surface area contributed by atoms with Gasteiger partial charge in [-0.3, -0.25) is 0 Å². The van der Waals surface area contributed by atoms with Gasteiger partial charge in [-0.25, -0.2) is 9.78 Å². The number of rotatable bonds is 3. The molecule has 0 spiro atoms. The molecule has 0 aliphatic heterocycles. The summed E-state index contributed by atoms with van der Waals surface area (Å²) in [5.41, 5.74) is 5.77. The Morgan fingerprint density at radius 2 is 1.59 bits per heavy atom. The Balaban J connectivity index is 1.76. The van der Waals surface area contributed by atoms with Crippen LogP contribution in [0.25, 0.3) is 32.8 Å². The molecule has 0 fully saturated rings. The van der Waals surface area contributed by atoms with Gasteiger partial charge in [-0.2, -0.15) is 0 Å². The number of aromatic carboxylic acids is 1. The van der Waals surface area contributed by atoms with Gasteiger partial charge in [-0.1, -0.05) is 36.4 Å². The molecule has 0 unspecified atom stereocenters. The topological polar surface area (TPSA) is 78.0 Å². The van der Waals surface area contributed by atoms with Crippen molar-refractivity contribution >= 4 is 50.2 Å². The normalized spacial score (nSPS) is 11.3. The number of carboxylic acid groups (broad SMARTS) is 1. The zero-order chi connectivity index (χ0) is 18.4. The summed E-state index contributed by atoms with van der Waals surface area (Å²) in [6.45, 7) is 0. The number of aromatic amines is 1. The van der Waals surface area contributed by atoms with Gasteiger partial charge in [0.2, 0.25) is 0 Å². The number of nitrogens with one attached hydrogen (secondary N) is 2. The van der Waals surface area contributed by atoms with E-state index in [2.05, 4.69) is 16.4 Å². The molecular formula is C22H15N3O2. The van der Waals surface area contributed by atoms with Gasteiger partial charge in [0.15, 0.2) is 0 Å². The van der Waals surface area contributed by atoms with Gasteiger partial charge in [0.05, 0.1) is 27.8 Å². The molecule has 5 rings (SSSR count). The lowest BCUT2D eigenvalue weighted by molar-refractivity contribution is 0.0697. The molecule has 5 aromatic rings. The molecular weight excluding hydrogens is 338 g/mol. The van der Waals surface area contributed by atoms with Gasteiger partial charge in [0.1, 0.15) is 0 Å². The minimum Gasteiger partial charge on any atom is -0.478 e. The van der Waals surface area contributed by atoms with Gasteiger partial charge in [-0.15, -0.1) is 0 Å². The molecule has 2 heterocycles. The largest absolute Gasteiger partial charge is 0.478 e. The van der Waals surface area contributed by atoms with Crippen LogP contribution < -0.4 is 5.32 Å². The highest BCUT2D eigenvalue weighted by molar-refractivity contribution is 6.16. The number of para-hydroxylation sites is 2. The SMILES string of the molecule is O=C(O)c1ccc(Nc2c3ccccc3nc3c2[nH]c2ccccc23)cc1. The minimum absolute atomic E-state index is 0.260. The Hall–Kier alpha value is -3.86. The monoisotopic (exact) mass is 353 g/mol. The number of H-pyrrole nitrogens is 1. The van der Waals surface area contributed by atoms with Crippen molar-refractivity contribution in [2.45, 2.75) is 0 Å². The average Bonchev–Trinajstić information content (AvgIpc) is 3.07. The molecule has 3 N–H and O–H groups in total. The summed E-state index contributed by atoms with van der Waals surface area (Å²) in [5, 5.41) is 14.6. The standard InChI is InChI=1S/C22H15N3O2/c26-22(27)13-9-11-14(12-10-13)23-19-15-5-1-3-7-17(15)24-20-16-6-2-4-8-18(16)25-21(19)20/h1-12,25H,(H,23,24)(H,26,27). The lowest BCUT2D eigenvalue weighted by Gasteiger charge is -2.11. The van der Waals surface area contributed by atoms with Crippen LogP contribution in [0.15, 0.2) is 72.8 Å². The van der Waals surface area contributed by atoms with Crippen molar-refractivity contribution in [2.24, 2.45) is 0 Å². The molecule has 27 heavy (non-hydrogen) atoms. The Bertz CT molecular complexity index is 1320. The maximum absolute atomic E-state index is 11.1. The fourth-order valence-electron chi connectivity index (χ4n) is 3.43. The summed E-state index contributed by atoms with van der Waals surface area (Å²) < 4.78 is 0. The smallest absolute Gasteiger partial charge is 0.335 e. The number of anilines is 2. The van der Waals surface area contributed by atoms with Crippen LogP contribution >= 0.6 is 0 Å². The lowest BCUT2D eigenvalue weighted by atomic mass is 10.1. The van der Waals surface area contributed by atoms with Crippen molar-refractivity contribution in [2.75, 3.05) is 5.32 Å². The number of nitrogens with zero attached hydrogens (tertiary/aromatic N) is 1. The summed E-state index contributed by atoms with van der Waals surface area (Å²) in [4.78, 5) is 19.4. The van der Waals surface area contributed by atoms with Gasteiger partial charge in [-0.05, 0) is 36.4 Å². The van der Waals surface area contributed by atoms with Crippen molar-refractivity contribution in [1.82, 2.24) is 9.97 Å². The molecule has 5 heteroatoms. The van der Waals surface area contributed by atoms with E-state index in [0.29, 0.717) is 0 Å². The second kappa shape index (κ2) is 5.85. The Kier molecular flexibility index (Phi) is 3.33. The second-order valence-corrected chi connectivity index (χ2v) is 6.41. The van der Waals surface area contributed by atoms with E-state index in [1.54, 1.807) is 24.3 Å². The molecule has 3 aromatic carbocycles. The molecule has 0 amide bonds. The summed E-state index contributed by atoms with van der Waals surface area (Å²) in [6.07, 6.45) is 0. The van der Waals surface area contributed by atoms with Crippen LogP contribution in [0.3, 0.4) is 0 Å². The molecule has 5 nitrogen and oxygen atoms in total. The van der Waals surface area contributed by atoms with Crippen LogP contribution in [0, 0.1) is 0 Å². The highest BCUT2D eigenvalue weighted by atomic mass is 16.4. The Morgan fingerprint density at radius 1 is 0.889 bits per heavy atom. The third-order valence-electron chi connectivity index (χ3n) is 4.74. The van der Waals surface area contributed by atoms with E-state index in [9.17, 15) is 4.79 Å². The van der Waals surface area contributed by atoms with Gasteiger partial charge >= 0.3 is 5.97 Å². The van der Waals surface area contributed by atoms with Crippen LogP contribution in [0.4, 0.5) is 11.4 Å². The third kappa shape index (κ3) is 2.48. The number of hydrogen-bond donors (Lipinski definition) is 3. The van der Waals surface area contributed by atoms with E-state index >= 15 is 0 Å². The van der Waals surface area contributed by atoms with E-state index < -0.39 is 5.97 Å². The molecule has 0 aliphatic carbocycles. The van der Waals surface area contributed by atoms with E-state index in [1.165, 1.54) is 0 Å². The zero-order valence-corrected chi connectivity index (χ0v) is 14.2. The third-order valence-corrected chi connectivity index (χ3v) is 4.74. The van der Waals surface area contributed by atoms with Gasteiger partial charge in [0.25, 0.3) is 0 Å². The maximum atomic E-state index is 11.1. The Labute approximate surface area is 154 Å². The number of hydrogen-bond acceptors (Lipinski definition) is 3. The zero-order valence-electron chi connectivity index (χ0n) is 14.2. The van der Waals surface area contributed by atoms with Crippen molar-refractivity contribution in [3.63, 3.8) is 0 Å². The van der Waals surface area contributed by atoms with Crippen LogP contribution in [0.5, 0.6) is 0 Å². The number of benzene rings is 3. The van der Waals surface area contributed by atoms with Crippen molar-refractivity contribution in [3.05, 3.63) is 78.4 Å². The predicted octanol–water partition coefficient (Wildman–Crippen LogP) is 5.31. The van der Waals surface area contributed by atoms with Crippen LogP contribution in [0.2, 0.25) is 0 Å². The average molecular weight is 353 g/mol. The number of carboxylic acids is 1. The van der Waals surface area contributed by atoms with Crippen LogP contribution in [-0.2, 0) is 0 Å². The number of fused-ring (bicyclic) bond motifs is 4. The first-order valence-corrected chi connectivity index (χ1v) is 8.60. The van der Waals surface area contributed by atoms with Crippen molar-refractivity contribution in [3.8, 4) is 0 Å². The highest BCUT2D eigenvalue weighted by Crippen LogP contribution is 2.36. The first kappa shape index (κ1) is 15.4. The second-order valence-electron chi connectivity index (χ2n) is 6.41. The van der Waals surface area contributed by atoms with Crippen LogP contribution in [-0.4, -0.2) is 21.0 Å². The van der Waals surface area contributed by atoms with E-state index in [1.807, 2.05) is 42.5 Å². The fraction of sp³-hybridized carbons (Fsp3) is 0. The summed E-state index contributed by atoms with van der Waals surface area (Å²) in [7, 11) is 0. The molecule has 0 bridgehead atoms. The summed E-state index contributed by atoms with van der Waals surface area (Å²) >= 11 is 0. The molecule has 0 atom stereocenters. The predicted molar refractivity (Wildman–Crippen MR) is 108 cm³/mol. The highest BCUT2D eigenvalue weighted by Gasteiger charge is 2.14. The first-order chi connectivity index (χ1) is 13.2. The first-order valence-electron chi connectivity index (χ1n) is 8.60. The number of carbonyl (C=O) groups is 1. The fourth-order valence-corrected chi connectivity index (χ4v) is 3.43. The van der Waals surface area contributed by atoms with E-state index in [-0.39, 0.29) is 5.56 Å². The molecule has 0 saturated heterocycles. The van der Waals surface area contributed by atoms with Gasteiger partial charge < -0.3 is 15.4 Å². The Morgan fingerprint density at radius 3 is 2.37 bits per heavy atom. The summed E-state index contributed by atoms with van der Waals surface area (Å²) in [6, 6.07) is 22.8. The van der Waals surface area contributed by atoms with E-state index in [0.717, 1.165) is 44.2 Å². The van der Waals surface area contributed by atoms with E-state index in [4.69, 9.17) is 10.1 Å². The van der Waals surface area contributed by atoms with Crippen molar-refractivity contribution in [1.29, 1.82) is 0 Å². The quantitative estimate of drug-likeness (QED) is 0.411. The van der Waals surface area contributed by atoms with Crippen LogP contribution in [0.1, 0.15) is 10.4 Å². The lowest BCUT2D eigenvalue weighted by Crippen LogP contribution is -1.98. The molecule has 2 aromatic heterocycles. The number of pyridine rings is 1. The minimum atomic E-state index is -0.936. The summed E-state index contributed by atoms with van der Waals surface area (Å²) in [5.74, 6) is -0.936. The molecule has 0 aliphatic rings. The molecule has 130 valence electrons. The molecule has 0 saturated carbocycles. The van der Waals surface area contributed by atoms with Gasteiger partial charge in [0, 0.05) is 22.0 Å².